The summed E-state index contributed by atoms with van der Waals surface area (Å²) in [5, 5.41) is 0.834. The van der Waals surface area contributed by atoms with Crippen LogP contribution >= 0.6 is 11.6 Å². The minimum absolute atomic E-state index is 0.00268. The standard InChI is InChI=1S/C37H43ClN4O13S3/c1-36(2)28-21-25(38)23-40(17-5-19-56(46,47)48)35(28)39-30(36)12-7-24(9-16-34(45)55-42-32(43)14-15-33(42)44)8-13-31-37(3,4)27-22-26(58(52,53)54)10-11-29(27)41(31)18-6-20-57(49,50)51/h7-8,10-13,21-23H,5-6,9,14-20H2,1-4H3,(H2-,46,47,48,49,50,51,52,53,54)/p+1. The SMILES string of the molecule is CC1(C)C(=CC=C(C=CC2=Nc3c(cc(Cl)c[n+]3CCCS(=O)(=O)O)C2(C)C)CCC(=O)ON2C(=O)CCC2=O)N(CCCS(=O)(=O)O)c2ccc(S(=O)(=O)O)cc21. The van der Waals surface area contributed by atoms with Gasteiger partial charge in [-0.3, -0.25) is 23.2 Å². The van der Waals surface area contributed by atoms with Crippen LogP contribution in [0.4, 0.5) is 11.5 Å². The lowest BCUT2D eigenvalue weighted by atomic mass is 9.82. The van der Waals surface area contributed by atoms with Crippen LogP contribution in [0, 0.1) is 0 Å². The average Bonchev–Trinajstić information content (AvgIpc) is 3.63. The molecule has 314 valence electrons. The zero-order valence-electron chi connectivity index (χ0n) is 32.1. The number of aromatic nitrogens is 1. The molecule has 4 heterocycles. The van der Waals surface area contributed by atoms with Crippen LogP contribution in [-0.2, 0) is 67.0 Å². The van der Waals surface area contributed by atoms with E-state index in [1.807, 2.05) is 27.7 Å². The molecular formula is C37H44ClN4O13S3+. The number of imide groups is 1. The summed E-state index contributed by atoms with van der Waals surface area (Å²) < 4.78 is 100. The largest absolute Gasteiger partial charge is 0.344 e. The number of allylic oxidation sites excluding steroid dienone is 6. The van der Waals surface area contributed by atoms with Gasteiger partial charge in [-0.25, -0.2) is 9.36 Å². The van der Waals surface area contributed by atoms with Gasteiger partial charge in [0.2, 0.25) is 0 Å². The Balaban J connectivity index is 1.54. The van der Waals surface area contributed by atoms with Crippen LogP contribution in [0.25, 0.3) is 0 Å². The molecule has 0 atom stereocenters. The summed E-state index contributed by atoms with van der Waals surface area (Å²) in [7, 11) is -13.1. The van der Waals surface area contributed by atoms with Gasteiger partial charge < -0.3 is 9.74 Å². The number of amides is 2. The van der Waals surface area contributed by atoms with Crippen molar-refractivity contribution in [2.45, 2.75) is 88.5 Å². The van der Waals surface area contributed by atoms with E-state index in [1.54, 1.807) is 46.0 Å². The molecule has 1 aromatic carbocycles. The highest BCUT2D eigenvalue weighted by Gasteiger charge is 2.43. The van der Waals surface area contributed by atoms with Gasteiger partial charge in [-0.2, -0.15) is 25.3 Å². The van der Waals surface area contributed by atoms with Crippen molar-refractivity contribution >= 4 is 77.0 Å². The Hall–Kier alpha value is -4.31. The van der Waals surface area contributed by atoms with Crippen molar-refractivity contribution in [1.82, 2.24) is 5.06 Å². The highest BCUT2D eigenvalue weighted by Crippen LogP contribution is 2.48. The number of hydrogen-bond acceptors (Lipinski definition) is 12. The normalized spacial score (nSPS) is 18.7. The van der Waals surface area contributed by atoms with Gasteiger partial charge in [-0.1, -0.05) is 37.6 Å². The molecule has 1 aromatic heterocycles. The molecule has 0 saturated carbocycles. The van der Waals surface area contributed by atoms with Crippen molar-refractivity contribution in [3.8, 4) is 0 Å². The van der Waals surface area contributed by atoms with Gasteiger partial charge in [0.25, 0.3) is 42.2 Å². The number of hydroxylamine groups is 2. The zero-order chi connectivity index (χ0) is 43.0. The van der Waals surface area contributed by atoms with E-state index < -0.39 is 70.5 Å². The van der Waals surface area contributed by atoms with Crippen LogP contribution in [-0.4, -0.2) is 85.5 Å². The predicted molar refractivity (Wildman–Crippen MR) is 212 cm³/mol. The van der Waals surface area contributed by atoms with Gasteiger partial charge in [0.1, 0.15) is 6.20 Å². The van der Waals surface area contributed by atoms with Crippen molar-refractivity contribution in [2.75, 3.05) is 23.0 Å². The molecule has 0 spiro atoms. The minimum atomic E-state index is -4.58. The van der Waals surface area contributed by atoms with E-state index in [0.29, 0.717) is 44.1 Å². The first-order valence-corrected chi connectivity index (χ1v) is 23.1. The fraction of sp³-hybridized carbons (Fsp3) is 0.432. The number of benzene rings is 1. The second kappa shape index (κ2) is 16.7. The van der Waals surface area contributed by atoms with Crippen LogP contribution in [0.2, 0.25) is 5.02 Å². The zero-order valence-corrected chi connectivity index (χ0v) is 35.3. The van der Waals surface area contributed by atoms with E-state index >= 15 is 0 Å². The number of rotatable bonds is 16. The third kappa shape index (κ3) is 10.5. The molecule has 2 amide bonds. The molecule has 3 aliphatic rings. The maximum atomic E-state index is 12.9. The summed E-state index contributed by atoms with van der Waals surface area (Å²) in [5.74, 6) is -2.60. The van der Waals surface area contributed by atoms with Crippen molar-refractivity contribution in [1.29, 1.82) is 0 Å². The molecule has 0 bridgehead atoms. The Bertz CT molecular complexity index is 2490. The maximum Gasteiger partial charge on any atom is 0.333 e. The lowest BCUT2D eigenvalue weighted by Crippen LogP contribution is -2.36. The smallest absolute Gasteiger partial charge is 0.333 e. The van der Waals surface area contributed by atoms with Gasteiger partial charge in [0, 0.05) is 42.6 Å². The second-order valence-electron chi connectivity index (χ2n) is 15.1. The van der Waals surface area contributed by atoms with E-state index in [4.69, 9.17) is 21.4 Å². The lowest BCUT2D eigenvalue weighted by Gasteiger charge is -2.27. The first-order valence-electron chi connectivity index (χ1n) is 18.1. The van der Waals surface area contributed by atoms with E-state index in [1.165, 1.54) is 18.2 Å². The van der Waals surface area contributed by atoms with E-state index in [-0.39, 0.29) is 56.5 Å². The number of nitrogens with zero attached hydrogens (tertiary/aromatic N) is 4. The molecule has 21 heteroatoms. The second-order valence-corrected chi connectivity index (χ2v) is 20.1. The monoisotopic (exact) mass is 883 g/mol. The summed E-state index contributed by atoms with van der Waals surface area (Å²) >= 11 is 6.46. The maximum absolute atomic E-state index is 12.9. The van der Waals surface area contributed by atoms with Gasteiger partial charge >= 0.3 is 11.8 Å². The van der Waals surface area contributed by atoms with Crippen LogP contribution in [0.5, 0.6) is 0 Å². The quantitative estimate of drug-likeness (QED) is 0.0919. The number of aliphatic imine (C=N–C) groups is 1. The van der Waals surface area contributed by atoms with Gasteiger partial charge in [-0.15, -0.1) is 5.06 Å². The summed E-state index contributed by atoms with van der Waals surface area (Å²) in [6.45, 7) is 7.72. The fourth-order valence-corrected chi connectivity index (χ4v) is 8.74. The Morgan fingerprint density at radius 1 is 0.914 bits per heavy atom. The fourth-order valence-electron chi connectivity index (χ4n) is 7.02. The Kier molecular flexibility index (Phi) is 12.9. The number of hydrogen-bond donors (Lipinski definition) is 3. The minimum Gasteiger partial charge on any atom is -0.344 e. The Morgan fingerprint density at radius 2 is 1.55 bits per heavy atom. The summed E-state index contributed by atoms with van der Waals surface area (Å²) in [5.41, 5.74) is 1.84. The molecule has 58 heavy (non-hydrogen) atoms. The van der Waals surface area contributed by atoms with Gasteiger partial charge in [0.05, 0.1) is 45.4 Å². The lowest BCUT2D eigenvalue weighted by molar-refractivity contribution is -0.684. The van der Waals surface area contributed by atoms with Crippen LogP contribution in [0.15, 0.2) is 75.9 Å². The number of carbonyl (C=O) groups is 3. The third-order valence-electron chi connectivity index (χ3n) is 10.1. The Labute approximate surface area is 341 Å². The van der Waals surface area contributed by atoms with Gasteiger partial charge in [-0.05, 0) is 79.2 Å². The van der Waals surface area contributed by atoms with Crippen molar-refractivity contribution in [3.05, 3.63) is 82.2 Å². The highest BCUT2D eigenvalue weighted by atomic mass is 35.5. The van der Waals surface area contributed by atoms with E-state index in [0.717, 1.165) is 5.56 Å². The Morgan fingerprint density at radius 3 is 2.17 bits per heavy atom. The number of pyridine rings is 1. The highest BCUT2D eigenvalue weighted by molar-refractivity contribution is 7.86. The van der Waals surface area contributed by atoms with Crippen molar-refractivity contribution < 1.29 is 62.7 Å². The van der Waals surface area contributed by atoms with E-state index in [2.05, 4.69) is 0 Å². The molecule has 5 rings (SSSR count). The van der Waals surface area contributed by atoms with Crippen molar-refractivity contribution in [3.63, 3.8) is 0 Å². The topological polar surface area (TPSA) is 246 Å². The molecule has 2 aromatic rings. The van der Waals surface area contributed by atoms with Crippen molar-refractivity contribution in [2.24, 2.45) is 4.99 Å². The summed E-state index contributed by atoms with van der Waals surface area (Å²) in [6.07, 6.45) is 8.16. The molecule has 17 nitrogen and oxygen atoms in total. The molecular weight excluding hydrogens is 840 g/mol. The first-order chi connectivity index (χ1) is 26.8. The predicted octanol–water partition coefficient (Wildman–Crippen LogP) is 4.35. The molecule has 0 radical (unpaired) electrons. The molecule has 3 N–H and O–H groups in total. The number of halogens is 1. The number of fused-ring (bicyclic) bond motifs is 2. The van der Waals surface area contributed by atoms with E-state index in [9.17, 15) is 53.3 Å². The number of carbonyl (C=O) groups excluding carboxylic acids is 3. The number of aryl methyl sites for hydroxylation is 1. The number of anilines is 1. The van der Waals surface area contributed by atoms with Crippen LogP contribution in [0.1, 0.15) is 77.3 Å². The van der Waals surface area contributed by atoms with Crippen LogP contribution < -0.4 is 9.47 Å². The molecule has 1 saturated heterocycles. The first kappa shape index (κ1) is 44.8. The summed E-state index contributed by atoms with van der Waals surface area (Å²) in [6, 6.07) is 5.81. The third-order valence-corrected chi connectivity index (χ3v) is 12.8. The molecule has 0 aliphatic carbocycles. The molecule has 1 fully saturated rings. The van der Waals surface area contributed by atoms with Crippen LogP contribution in [0.3, 0.4) is 0 Å². The van der Waals surface area contributed by atoms with Gasteiger partial charge in [0.15, 0.2) is 5.71 Å². The molecule has 0 unspecified atom stereocenters. The average molecular weight is 884 g/mol. The molecule has 3 aliphatic heterocycles. The summed E-state index contributed by atoms with van der Waals surface area (Å²) in [4.78, 5) is 48.5.